The molecule has 34 heavy (non-hydrogen) atoms. The molecule has 3 heterocycles. The molecular weight excluding hydrogens is 456 g/mol. The van der Waals surface area contributed by atoms with Gasteiger partial charge in [0.05, 0.1) is 5.56 Å². The topological polar surface area (TPSA) is 107 Å². The van der Waals surface area contributed by atoms with Gasteiger partial charge in [-0.1, -0.05) is 58.7 Å². The number of carbonyl (C=O) groups is 1. The average molecular weight is 475 g/mol. The molecule has 0 unspecified atom stereocenters. The lowest BCUT2D eigenvalue weighted by atomic mass is 10.1. The van der Waals surface area contributed by atoms with Gasteiger partial charge in [-0.05, 0) is 36.8 Å². The molecule has 0 spiro atoms. The van der Waals surface area contributed by atoms with E-state index >= 15 is 0 Å². The molecule has 0 saturated carbocycles. The van der Waals surface area contributed by atoms with Crippen molar-refractivity contribution in [1.82, 2.24) is 29.6 Å². The van der Waals surface area contributed by atoms with E-state index < -0.39 is 5.69 Å². The molecule has 9 nitrogen and oxygen atoms in total. The number of amides is 1. The quantitative estimate of drug-likeness (QED) is 0.403. The summed E-state index contributed by atoms with van der Waals surface area (Å²) in [5.41, 5.74) is 3.02. The predicted molar refractivity (Wildman–Crippen MR) is 126 cm³/mol. The summed E-state index contributed by atoms with van der Waals surface area (Å²) in [4.78, 5) is 29.8. The van der Waals surface area contributed by atoms with Crippen LogP contribution in [0.1, 0.15) is 11.1 Å². The number of nitrogens with one attached hydrogen (secondary N) is 1. The van der Waals surface area contributed by atoms with E-state index in [1.54, 1.807) is 24.4 Å². The monoisotopic (exact) mass is 474 g/mol. The first-order valence-corrected chi connectivity index (χ1v) is 10.9. The zero-order valence-electron chi connectivity index (χ0n) is 18.1. The maximum absolute atomic E-state index is 12.8. The van der Waals surface area contributed by atoms with Crippen molar-refractivity contribution in [3.8, 4) is 22.8 Å². The van der Waals surface area contributed by atoms with E-state index in [1.807, 2.05) is 49.4 Å². The molecule has 170 valence electrons. The van der Waals surface area contributed by atoms with Crippen molar-refractivity contribution >= 4 is 23.2 Å². The molecule has 5 rings (SSSR count). The predicted octanol–water partition coefficient (Wildman–Crippen LogP) is 3.49. The lowest BCUT2D eigenvalue weighted by Crippen LogP contribution is -2.32. The number of halogens is 1. The number of pyridine rings is 1. The zero-order valence-corrected chi connectivity index (χ0v) is 18.9. The molecule has 0 radical (unpaired) electrons. The van der Waals surface area contributed by atoms with Crippen molar-refractivity contribution in [3.05, 3.63) is 93.5 Å². The normalized spacial score (nSPS) is 11.1. The lowest BCUT2D eigenvalue weighted by molar-refractivity contribution is -0.122. The van der Waals surface area contributed by atoms with Crippen LogP contribution in [-0.4, -0.2) is 30.2 Å². The van der Waals surface area contributed by atoms with Crippen LogP contribution in [0.25, 0.3) is 28.5 Å². The van der Waals surface area contributed by atoms with Crippen molar-refractivity contribution in [2.24, 2.45) is 0 Å². The van der Waals surface area contributed by atoms with Gasteiger partial charge in [0.2, 0.25) is 11.7 Å². The molecule has 5 aromatic rings. The van der Waals surface area contributed by atoms with E-state index in [-0.39, 0.29) is 24.9 Å². The molecule has 2 aromatic carbocycles. The maximum atomic E-state index is 12.8. The molecule has 1 amide bonds. The molecule has 0 aliphatic heterocycles. The fourth-order valence-corrected chi connectivity index (χ4v) is 3.77. The highest BCUT2D eigenvalue weighted by Crippen LogP contribution is 2.25. The van der Waals surface area contributed by atoms with E-state index in [0.29, 0.717) is 22.1 Å². The van der Waals surface area contributed by atoms with Gasteiger partial charge in [0.15, 0.2) is 5.65 Å². The fraction of sp³-hybridized carbons (Fsp3) is 0.125. The van der Waals surface area contributed by atoms with Crippen molar-refractivity contribution in [3.63, 3.8) is 0 Å². The smallest absolute Gasteiger partial charge is 0.350 e. The Morgan fingerprint density at radius 1 is 1.12 bits per heavy atom. The van der Waals surface area contributed by atoms with Crippen LogP contribution in [0, 0.1) is 6.92 Å². The van der Waals surface area contributed by atoms with Crippen LogP contribution >= 0.6 is 11.6 Å². The number of aromatic nitrogens is 5. The highest BCUT2D eigenvalue weighted by Gasteiger charge is 2.18. The maximum Gasteiger partial charge on any atom is 0.350 e. The van der Waals surface area contributed by atoms with Gasteiger partial charge in [0, 0.05) is 23.3 Å². The van der Waals surface area contributed by atoms with Crippen LogP contribution in [0.2, 0.25) is 5.02 Å². The molecule has 1 N–H and O–H groups in total. The van der Waals surface area contributed by atoms with E-state index in [2.05, 4.69) is 20.6 Å². The molecule has 0 aliphatic rings. The van der Waals surface area contributed by atoms with Gasteiger partial charge < -0.3 is 9.84 Å². The molecular formula is C24H19ClN6O3. The van der Waals surface area contributed by atoms with Gasteiger partial charge >= 0.3 is 5.69 Å². The Balaban J connectivity index is 1.40. The third kappa shape index (κ3) is 4.20. The van der Waals surface area contributed by atoms with Gasteiger partial charge in [0.1, 0.15) is 6.54 Å². The van der Waals surface area contributed by atoms with Crippen LogP contribution in [0.5, 0.6) is 0 Å². The summed E-state index contributed by atoms with van der Waals surface area (Å²) in [5.74, 6) is 0.287. The summed E-state index contributed by atoms with van der Waals surface area (Å²) in [6, 6.07) is 18.4. The first-order valence-electron chi connectivity index (χ1n) is 10.5. The SMILES string of the molecule is Cc1cccc(-c2noc(-c3cccn4c(=O)n(CC(=O)NCc5ccccc5Cl)nc34)n2)c1. The molecule has 10 heteroatoms. The second-order valence-electron chi connectivity index (χ2n) is 7.72. The Hall–Kier alpha value is -4.24. The van der Waals surface area contributed by atoms with Crippen LogP contribution in [0.3, 0.4) is 0 Å². The minimum absolute atomic E-state index is 0.224. The second-order valence-corrected chi connectivity index (χ2v) is 8.12. The van der Waals surface area contributed by atoms with Crippen LogP contribution < -0.4 is 11.0 Å². The number of nitrogens with zero attached hydrogens (tertiary/aromatic N) is 5. The van der Waals surface area contributed by atoms with Gasteiger partial charge in [-0.2, -0.15) is 4.98 Å². The zero-order chi connectivity index (χ0) is 23.7. The van der Waals surface area contributed by atoms with Crippen molar-refractivity contribution in [2.45, 2.75) is 20.0 Å². The fourth-order valence-electron chi connectivity index (χ4n) is 3.57. The third-order valence-electron chi connectivity index (χ3n) is 5.27. The van der Waals surface area contributed by atoms with E-state index in [1.165, 1.54) is 4.40 Å². The number of fused-ring (bicyclic) bond motifs is 1. The van der Waals surface area contributed by atoms with Gasteiger partial charge in [0.25, 0.3) is 5.89 Å². The largest absolute Gasteiger partial charge is 0.350 e. The highest BCUT2D eigenvalue weighted by molar-refractivity contribution is 6.31. The number of benzene rings is 2. The lowest BCUT2D eigenvalue weighted by Gasteiger charge is -2.06. The van der Waals surface area contributed by atoms with E-state index in [4.69, 9.17) is 16.1 Å². The van der Waals surface area contributed by atoms with Crippen molar-refractivity contribution in [1.29, 1.82) is 0 Å². The standard InChI is InChI=1S/C24H19ClN6O3/c1-15-6-4-8-16(12-15)21-27-23(34-29-21)18-9-5-11-30-22(18)28-31(24(30)33)14-20(32)26-13-17-7-2-3-10-19(17)25/h2-12H,13-14H2,1H3,(H,26,32). The Kier molecular flexibility index (Phi) is 5.69. The number of hydrogen-bond acceptors (Lipinski definition) is 6. The van der Waals surface area contributed by atoms with Gasteiger partial charge in [-0.15, -0.1) is 5.10 Å². The van der Waals surface area contributed by atoms with Crippen LogP contribution in [0.15, 0.2) is 76.2 Å². The molecule has 0 fully saturated rings. The summed E-state index contributed by atoms with van der Waals surface area (Å²) in [6.07, 6.45) is 1.57. The Morgan fingerprint density at radius 2 is 1.97 bits per heavy atom. The van der Waals surface area contributed by atoms with Crippen LogP contribution in [-0.2, 0) is 17.9 Å². The molecule has 0 aliphatic carbocycles. The molecule has 3 aromatic heterocycles. The first kappa shape index (κ1) is 21.6. The number of hydrogen-bond donors (Lipinski definition) is 1. The average Bonchev–Trinajstić information content (AvgIpc) is 3.44. The number of aryl methyl sites for hydroxylation is 1. The van der Waals surface area contributed by atoms with E-state index in [0.717, 1.165) is 21.4 Å². The Labute approximate surface area is 198 Å². The van der Waals surface area contributed by atoms with Crippen molar-refractivity contribution < 1.29 is 9.32 Å². The van der Waals surface area contributed by atoms with Gasteiger partial charge in [-0.25, -0.2) is 13.9 Å². The number of carbonyl (C=O) groups excluding carboxylic acids is 1. The summed E-state index contributed by atoms with van der Waals surface area (Å²) in [6.45, 7) is 1.98. The molecule has 0 saturated heterocycles. The Bertz CT molecular complexity index is 1570. The van der Waals surface area contributed by atoms with Crippen molar-refractivity contribution in [2.75, 3.05) is 0 Å². The highest BCUT2D eigenvalue weighted by atomic mass is 35.5. The summed E-state index contributed by atoms with van der Waals surface area (Å²) in [5, 5.41) is 11.7. The van der Waals surface area contributed by atoms with E-state index in [9.17, 15) is 9.59 Å². The van der Waals surface area contributed by atoms with Gasteiger partial charge in [-0.3, -0.25) is 4.79 Å². The second kappa shape index (κ2) is 8.95. The first-order chi connectivity index (χ1) is 16.5. The minimum Gasteiger partial charge on any atom is -0.350 e. The number of rotatable bonds is 6. The molecule has 0 atom stereocenters. The summed E-state index contributed by atoms with van der Waals surface area (Å²) < 4.78 is 7.90. The minimum atomic E-state index is -0.455. The third-order valence-corrected chi connectivity index (χ3v) is 5.64. The summed E-state index contributed by atoms with van der Waals surface area (Å²) in [7, 11) is 0. The molecule has 0 bridgehead atoms. The Morgan fingerprint density at radius 3 is 2.79 bits per heavy atom. The van der Waals surface area contributed by atoms with Crippen LogP contribution in [0.4, 0.5) is 0 Å². The summed E-state index contributed by atoms with van der Waals surface area (Å²) >= 11 is 6.13.